The molecule has 3 nitrogen and oxygen atoms in total. The molecule has 356 valence electrons. The van der Waals surface area contributed by atoms with E-state index >= 15 is 0 Å². The minimum Gasteiger partial charge on any atom is -0.278 e. The van der Waals surface area contributed by atoms with Crippen LogP contribution in [0.25, 0.3) is 64.8 Å². The quantitative estimate of drug-likeness (QED) is 0.0989. The van der Waals surface area contributed by atoms with Crippen LogP contribution in [-0.4, -0.2) is 30.1 Å². The van der Waals surface area contributed by atoms with E-state index in [4.69, 9.17) is 4.98 Å². The summed E-state index contributed by atoms with van der Waals surface area (Å²) in [6.45, 7) is 4.56. The van der Waals surface area contributed by atoms with Gasteiger partial charge >= 0.3 is 0 Å². The second kappa shape index (κ2) is 18.1. The van der Waals surface area contributed by atoms with Crippen molar-refractivity contribution in [3.05, 3.63) is 284 Å². The van der Waals surface area contributed by atoms with Crippen molar-refractivity contribution in [3.8, 4) is 16.8 Å². The third-order valence-electron chi connectivity index (χ3n) is 15.8. The number of aromatic nitrogens is 3. The molecular weight excluding hydrogens is 959 g/mol. The lowest BCUT2D eigenvalue weighted by Crippen LogP contribution is -2.75. The van der Waals surface area contributed by atoms with Crippen LogP contribution in [0.5, 0.6) is 0 Å². The summed E-state index contributed by atoms with van der Waals surface area (Å²) in [5.74, 6) is 0.908. The van der Waals surface area contributed by atoms with Gasteiger partial charge < -0.3 is 0 Å². The number of nitrogens with zero attached hydrogens (tertiary/aromatic N) is 3. The summed E-state index contributed by atoms with van der Waals surface area (Å²) in [4.78, 5) is 5.30. The predicted molar refractivity (Wildman–Crippen MR) is 325 cm³/mol. The minimum atomic E-state index is -3.07. The van der Waals surface area contributed by atoms with Gasteiger partial charge in [-0.15, -0.1) is 11.3 Å². The molecule has 0 fully saturated rings. The Morgan fingerprint density at radius 2 is 0.933 bits per heavy atom. The molecule has 1 atom stereocenters. The molecule has 0 aliphatic heterocycles. The SMILES string of the molecule is Cc1cccc([Si](c2ccccc2)(c2cccc(-c3ccc([Si](c4ccccc4)(c4ccccc4)c4cccc5c4sc4ccccc45)cc3C)c2)c2cccc(-n3c4ccccc4n4c5ccccc5nc34)c2)c1. The van der Waals surface area contributed by atoms with Crippen molar-refractivity contribution < 1.29 is 0 Å². The van der Waals surface area contributed by atoms with Gasteiger partial charge in [0, 0.05) is 25.9 Å². The van der Waals surface area contributed by atoms with Gasteiger partial charge in [-0.3, -0.25) is 8.97 Å². The van der Waals surface area contributed by atoms with E-state index in [1.54, 1.807) is 0 Å². The van der Waals surface area contributed by atoms with E-state index in [9.17, 15) is 0 Å². The summed E-state index contributed by atoms with van der Waals surface area (Å²) in [5, 5.41) is 13.6. The standard InChI is InChI=1S/C69H51N3SSi2/c1-48-22-18-31-55(44-48)74(52-25-6-3-7-26-52,57-33-20-24-51(47-57)71-64-38-15-16-39-65(64)72-63-37-14-13-36-62(63)70-69(71)72)56-32-19-23-50(46-56)59-43-42-58(45-49(59)2)75(53-27-8-4-9-28-53,54-29-10-5-11-30-54)67-41-21-35-61-60-34-12-17-40-66(60)73-68(61)67/h3-47H,1-2H3. The van der Waals surface area contributed by atoms with Crippen LogP contribution >= 0.6 is 11.3 Å². The molecule has 75 heavy (non-hydrogen) atoms. The van der Waals surface area contributed by atoms with Crippen LogP contribution in [0.2, 0.25) is 0 Å². The smallest absolute Gasteiger partial charge is 0.220 e. The van der Waals surface area contributed by atoms with Gasteiger partial charge in [0.25, 0.3) is 0 Å². The second-order valence-corrected chi connectivity index (χ2v) is 28.6. The Labute approximate surface area is 443 Å². The van der Waals surface area contributed by atoms with E-state index in [-0.39, 0.29) is 0 Å². The average molecular weight is 1010 g/mol. The van der Waals surface area contributed by atoms with E-state index in [2.05, 4.69) is 296 Å². The normalized spacial score (nSPS) is 12.8. The summed E-state index contributed by atoms with van der Waals surface area (Å²) in [6, 6.07) is 103. The van der Waals surface area contributed by atoms with Crippen LogP contribution in [0.4, 0.5) is 0 Å². The molecule has 11 aromatic carbocycles. The van der Waals surface area contributed by atoms with Crippen LogP contribution in [-0.2, 0) is 0 Å². The predicted octanol–water partition coefficient (Wildman–Crippen LogP) is 11.8. The van der Waals surface area contributed by atoms with Gasteiger partial charge in [-0.2, -0.15) is 0 Å². The van der Waals surface area contributed by atoms with Crippen molar-refractivity contribution in [3.63, 3.8) is 0 Å². The van der Waals surface area contributed by atoms with Crippen molar-refractivity contribution in [1.82, 2.24) is 14.0 Å². The van der Waals surface area contributed by atoms with Crippen LogP contribution in [0.1, 0.15) is 11.1 Å². The number of benzene rings is 11. The topological polar surface area (TPSA) is 22.2 Å². The minimum absolute atomic E-state index is 0.908. The van der Waals surface area contributed by atoms with Crippen LogP contribution in [0.3, 0.4) is 0 Å². The van der Waals surface area contributed by atoms with Crippen LogP contribution < -0.4 is 41.5 Å². The van der Waals surface area contributed by atoms with Gasteiger partial charge in [0.05, 0.1) is 22.1 Å². The third kappa shape index (κ3) is 7.01. The molecule has 0 aliphatic rings. The summed E-state index contributed by atoms with van der Waals surface area (Å²) in [5.41, 5.74) is 10.4. The first-order valence-electron chi connectivity index (χ1n) is 25.9. The summed E-state index contributed by atoms with van der Waals surface area (Å²) in [6.07, 6.45) is 0. The first-order valence-corrected chi connectivity index (χ1v) is 30.7. The molecule has 3 heterocycles. The maximum Gasteiger partial charge on any atom is 0.220 e. The molecule has 14 rings (SSSR count). The van der Waals surface area contributed by atoms with E-state index in [0.717, 1.165) is 33.5 Å². The van der Waals surface area contributed by atoms with Gasteiger partial charge in [-0.25, -0.2) is 4.98 Å². The number of thiophene rings is 1. The summed E-state index contributed by atoms with van der Waals surface area (Å²) >= 11 is 1.94. The van der Waals surface area contributed by atoms with Crippen molar-refractivity contribution >= 4 is 117 Å². The van der Waals surface area contributed by atoms with Crippen molar-refractivity contribution in [2.75, 3.05) is 0 Å². The highest BCUT2D eigenvalue weighted by Crippen LogP contribution is 2.35. The van der Waals surface area contributed by atoms with Crippen molar-refractivity contribution in [1.29, 1.82) is 0 Å². The Bertz CT molecular complexity index is 4420. The molecule has 0 spiro atoms. The zero-order valence-electron chi connectivity index (χ0n) is 41.7. The molecule has 0 aliphatic carbocycles. The fourth-order valence-corrected chi connectivity index (χ4v) is 24.1. The zero-order chi connectivity index (χ0) is 50.1. The summed E-state index contributed by atoms with van der Waals surface area (Å²) in [7, 11) is -5.99. The number of hydrogen-bond donors (Lipinski definition) is 0. The Hall–Kier alpha value is -8.66. The maximum atomic E-state index is 5.30. The largest absolute Gasteiger partial charge is 0.278 e. The molecule has 6 heteroatoms. The lowest BCUT2D eigenvalue weighted by atomic mass is 10.0. The molecule has 0 radical (unpaired) electrons. The first-order chi connectivity index (χ1) is 37.0. The molecule has 0 saturated heterocycles. The van der Waals surface area contributed by atoms with E-state index in [1.165, 1.54) is 83.9 Å². The third-order valence-corrected chi connectivity index (χ3v) is 26.7. The average Bonchev–Trinajstić information content (AvgIpc) is 4.16. The van der Waals surface area contributed by atoms with Crippen molar-refractivity contribution in [2.24, 2.45) is 0 Å². The van der Waals surface area contributed by atoms with Gasteiger partial charge in [0.2, 0.25) is 5.78 Å². The fourth-order valence-electron chi connectivity index (χ4n) is 12.6. The van der Waals surface area contributed by atoms with Crippen LogP contribution in [0.15, 0.2) is 273 Å². The highest BCUT2D eigenvalue weighted by Gasteiger charge is 2.44. The Balaban J connectivity index is 0.986. The Kier molecular flexibility index (Phi) is 10.8. The number of fused-ring (bicyclic) bond motifs is 8. The highest BCUT2D eigenvalue weighted by molar-refractivity contribution is 7.30. The first kappa shape index (κ1) is 45.0. The lowest BCUT2D eigenvalue weighted by molar-refractivity contribution is 1.11. The molecule has 0 amide bonds. The monoisotopic (exact) mass is 1010 g/mol. The van der Waals surface area contributed by atoms with Gasteiger partial charge in [-0.1, -0.05) is 236 Å². The lowest BCUT2D eigenvalue weighted by Gasteiger charge is -2.36. The number of aryl methyl sites for hydroxylation is 2. The fraction of sp³-hybridized carbons (Fsp3) is 0.0290. The molecule has 0 saturated carbocycles. The molecule has 1 unspecified atom stereocenters. The molecule has 3 aromatic heterocycles. The molecule has 14 aromatic rings. The second-order valence-electron chi connectivity index (χ2n) is 20.0. The highest BCUT2D eigenvalue weighted by atomic mass is 32.1. The molecular formula is C69H51N3SSi2. The number of imidazole rings is 2. The number of rotatable bonds is 10. The van der Waals surface area contributed by atoms with E-state index in [1.807, 2.05) is 11.3 Å². The summed E-state index contributed by atoms with van der Waals surface area (Å²) < 4.78 is 7.37. The van der Waals surface area contributed by atoms with Gasteiger partial charge in [0.15, 0.2) is 16.1 Å². The Morgan fingerprint density at radius 1 is 0.387 bits per heavy atom. The number of para-hydroxylation sites is 4. The molecule has 0 bridgehead atoms. The van der Waals surface area contributed by atoms with E-state index < -0.39 is 16.1 Å². The van der Waals surface area contributed by atoms with Gasteiger partial charge in [-0.05, 0) is 114 Å². The Morgan fingerprint density at radius 3 is 1.65 bits per heavy atom. The van der Waals surface area contributed by atoms with Crippen molar-refractivity contribution in [2.45, 2.75) is 13.8 Å². The molecule has 0 N–H and O–H groups in total. The number of hydrogen-bond acceptors (Lipinski definition) is 2. The van der Waals surface area contributed by atoms with Gasteiger partial charge in [0.1, 0.15) is 0 Å². The maximum absolute atomic E-state index is 5.30. The van der Waals surface area contributed by atoms with E-state index in [0.29, 0.717) is 0 Å². The zero-order valence-corrected chi connectivity index (χ0v) is 44.5. The van der Waals surface area contributed by atoms with Crippen LogP contribution in [0, 0.1) is 13.8 Å².